The smallest absolute Gasteiger partial charge is 0.137 e. The number of rotatable bonds is 5. The standard InChI is InChI=1S/C16H17BrClNO/c1-19-15(9-11-3-6-13(17)7-4-11)12-5-8-14(18)16(10-12)20-2/h3-8,10,15,19H,9H2,1-2H3. The van der Waals surface area contributed by atoms with Crippen molar-refractivity contribution in [3.05, 3.63) is 63.1 Å². The summed E-state index contributed by atoms with van der Waals surface area (Å²) in [6.07, 6.45) is 0.911. The number of methoxy groups -OCH3 is 1. The van der Waals surface area contributed by atoms with Gasteiger partial charge in [-0.1, -0.05) is 45.7 Å². The molecule has 4 heteroatoms. The van der Waals surface area contributed by atoms with Crippen LogP contribution in [0.15, 0.2) is 46.9 Å². The molecule has 0 aliphatic rings. The molecule has 1 N–H and O–H groups in total. The Morgan fingerprint density at radius 1 is 1.20 bits per heavy atom. The van der Waals surface area contributed by atoms with Gasteiger partial charge in [-0.25, -0.2) is 0 Å². The van der Waals surface area contributed by atoms with E-state index in [9.17, 15) is 0 Å². The molecule has 0 aliphatic heterocycles. The number of nitrogens with one attached hydrogen (secondary N) is 1. The molecular formula is C16H17BrClNO. The van der Waals surface area contributed by atoms with Crippen molar-refractivity contribution in [1.82, 2.24) is 5.32 Å². The third-order valence-electron chi connectivity index (χ3n) is 3.28. The molecule has 2 nitrogen and oxygen atoms in total. The Balaban J connectivity index is 2.21. The molecule has 0 saturated heterocycles. The summed E-state index contributed by atoms with van der Waals surface area (Å²) in [5.74, 6) is 0.709. The first kappa shape index (κ1) is 15.4. The van der Waals surface area contributed by atoms with Crippen molar-refractivity contribution in [2.24, 2.45) is 0 Å². The molecule has 0 spiro atoms. The first-order valence-corrected chi connectivity index (χ1v) is 7.56. The van der Waals surface area contributed by atoms with Crippen LogP contribution in [0.1, 0.15) is 17.2 Å². The van der Waals surface area contributed by atoms with Gasteiger partial charge in [0.25, 0.3) is 0 Å². The molecule has 0 amide bonds. The second-order valence-electron chi connectivity index (χ2n) is 4.57. The topological polar surface area (TPSA) is 21.3 Å². The average molecular weight is 355 g/mol. The van der Waals surface area contributed by atoms with Gasteiger partial charge in [-0.2, -0.15) is 0 Å². The Labute approximate surface area is 133 Å². The van der Waals surface area contributed by atoms with Gasteiger partial charge in [0, 0.05) is 10.5 Å². The molecule has 0 heterocycles. The largest absolute Gasteiger partial charge is 0.495 e. The molecule has 2 rings (SSSR count). The molecule has 0 aromatic heterocycles. The van der Waals surface area contributed by atoms with E-state index in [1.54, 1.807) is 7.11 Å². The Morgan fingerprint density at radius 3 is 2.50 bits per heavy atom. The number of hydrogen-bond donors (Lipinski definition) is 1. The maximum absolute atomic E-state index is 6.07. The molecule has 1 unspecified atom stereocenters. The third-order valence-corrected chi connectivity index (χ3v) is 4.12. The lowest BCUT2D eigenvalue weighted by Crippen LogP contribution is -2.18. The predicted molar refractivity (Wildman–Crippen MR) is 87.7 cm³/mol. The van der Waals surface area contributed by atoms with Crippen molar-refractivity contribution in [3.63, 3.8) is 0 Å². The summed E-state index contributed by atoms with van der Waals surface area (Å²) >= 11 is 9.52. The first-order valence-electron chi connectivity index (χ1n) is 6.39. The Morgan fingerprint density at radius 2 is 1.90 bits per heavy atom. The van der Waals surface area contributed by atoms with E-state index in [2.05, 4.69) is 45.5 Å². The second-order valence-corrected chi connectivity index (χ2v) is 5.89. The van der Waals surface area contributed by atoms with Crippen LogP contribution in [0.25, 0.3) is 0 Å². The predicted octanol–water partition coefficient (Wildman–Crippen LogP) is 4.61. The molecule has 20 heavy (non-hydrogen) atoms. The van der Waals surface area contributed by atoms with Gasteiger partial charge in [-0.3, -0.25) is 0 Å². The summed E-state index contributed by atoms with van der Waals surface area (Å²) in [4.78, 5) is 0. The average Bonchev–Trinajstić information content (AvgIpc) is 2.47. The maximum Gasteiger partial charge on any atom is 0.137 e. The van der Waals surface area contributed by atoms with Crippen molar-refractivity contribution < 1.29 is 4.74 Å². The van der Waals surface area contributed by atoms with Gasteiger partial charge in [-0.05, 0) is 48.9 Å². The fourth-order valence-electron chi connectivity index (χ4n) is 2.14. The first-order chi connectivity index (χ1) is 9.63. The lowest BCUT2D eigenvalue weighted by Gasteiger charge is -2.18. The highest BCUT2D eigenvalue weighted by molar-refractivity contribution is 9.10. The van der Waals surface area contributed by atoms with Crippen LogP contribution in [-0.2, 0) is 6.42 Å². The summed E-state index contributed by atoms with van der Waals surface area (Å²) in [7, 11) is 3.60. The Kier molecular flexibility index (Phi) is 5.46. The van der Waals surface area contributed by atoms with E-state index >= 15 is 0 Å². The minimum atomic E-state index is 0.224. The van der Waals surface area contributed by atoms with Gasteiger partial charge < -0.3 is 10.1 Å². The van der Waals surface area contributed by atoms with Crippen LogP contribution in [0.2, 0.25) is 5.02 Å². The molecule has 0 radical (unpaired) electrons. The lowest BCUT2D eigenvalue weighted by atomic mass is 9.99. The van der Waals surface area contributed by atoms with E-state index in [0.717, 1.165) is 16.5 Å². The van der Waals surface area contributed by atoms with Crippen molar-refractivity contribution >= 4 is 27.5 Å². The molecule has 0 fully saturated rings. The minimum Gasteiger partial charge on any atom is -0.495 e. The molecule has 2 aromatic carbocycles. The summed E-state index contributed by atoms with van der Waals surface area (Å²) in [6.45, 7) is 0. The van der Waals surface area contributed by atoms with Crippen LogP contribution < -0.4 is 10.1 Å². The molecule has 106 valence electrons. The number of benzene rings is 2. The maximum atomic E-state index is 6.07. The van der Waals surface area contributed by atoms with Crippen LogP contribution in [0.3, 0.4) is 0 Å². The van der Waals surface area contributed by atoms with Crippen molar-refractivity contribution in [3.8, 4) is 5.75 Å². The number of likely N-dealkylation sites (N-methyl/N-ethyl adjacent to an activating group) is 1. The Bertz CT molecular complexity index is 571. The number of hydrogen-bond acceptors (Lipinski definition) is 2. The molecule has 0 aliphatic carbocycles. The zero-order chi connectivity index (χ0) is 14.5. The van der Waals surface area contributed by atoms with Crippen LogP contribution >= 0.6 is 27.5 Å². The molecule has 0 saturated carbocycles. The van der Waals surface area contributed by atoms with Gasteiger partial charge in [-0.15, -0.1) is 0 Å². The van der Waals surface area contributed by atoms with Crippen LogP contribution in [-0.4, -0.2) is 14.2 Å². The minimum absolute atomic E-state index is 0.224. The van der Waals surface area contributed by atoms with Gasteiger partial charge in [0.1, 0.15) is 5.75 Å². The number of ether oxygens (including phenoxy) is 1. The summed E-state index contributed by atoms with van der Waals surface area (Å²) < 4.78 is 6.37. The normalized spacial score (nSPS) is 12.2. The van der Waals surface area contributed by atoms with Gasteiger partial charge in [0.2, 0.25) is 0 Å². The van der Waals surface area contributed by atoms with Gasteiger partial charge in [0.05, 0.1) is 12.1 Å². The van der Waals surface area contributed by atoms with Gasteiger partial charge in [0.15, 0.2) is 0 Å². The van der Waals surface area contributed by atoms with E-state index in [4.69, 9.17) is 16.3 Å². The monoisotopic (exact) mass is 353 g/mol. The molecular weight excluding hydrogens is 338 g/mol. The highest BCUT2D eigenvalue weighted by Gasteiger charge is 2.12. The van der Waals surface area contributed by atoms with Crippen LogP contribution in [0.5, 0.6) is 5.75 Å². The molecule has 2 aromatic rings. The molecule has 1 atom stereocenters. The van der Waals surface area contributed by atoms with E-state index in [1.165, 1.54) is 5.56 Å². The highest BCUT2D eigenvalue weighted by atomic mass is 79.9. The zero-order valence-electron chi connectivity index (χ0n) is 11.5. The molecule has 0 bridgehead atoms. The third kappa shape index (κ3) is 3.75. The quantitative estimate of drug-likeness (QED) is 0.846. The SMILES string of the molecule is CNC(Cc1ccc(Br)cc1)c1ccc(Cl)c(OC)c1. The number of halogens is 2. The van der Waals surface area contributed by atoms with E-state index in [-0.39, 0.29) is 6.04 Å². The van der Waals surface area contributed by atoms with Crippen LogP contribution in [0, 0.1) is 0 Å². The lowest BCUT2D eigenvalue weighted by molar-refractivity contribution is 0.413. The summed E-state index contributed by atoms with van der Waals surface area (Å²) in [6, 6.07) is 14.5. The van der Waals surface area contributed by atoms with E-state index < -0.39 is 0 Å². The highest BCUT2D eigenvalue weighted by Crippen LogP contribution is 2.29. The van der Waals surface area contributed by atoms with Crippen molar-refractivity contribution in [2.45, 2.75) is 12.5 Å². The zero-order valence-corrected chi connectivity index (χ0v) is 13.8. The van der Waals surface area contributed by atoms with Crippen molar-refractivity contribution in [1.29, 1.82) is 0 Å². The van der Waals surface area contributed by atoms with E-state index in [0.29, 0.717) is 10.8 Å². The van der Waals surface area contributed by atoms with Crippen molar-refractivity contribution in [2.75, 3.05) is 14.2 Å². The summed E-state index contributed by atoms with van der Waals surface area (Å²) in [5, 5.41) is 3.98. The second kappa shape index (κ2) is 7.11. The fraction of sp³-hybridized carbons (Fsp3) is 0.250. The summed E-state index contributed by atoms with van der Waals surface area (Å²) in [5.41, 5.74) is 2.44. The van der Waals surface area contributed by atoms with Gasteiger partial charge >= 0.3 is 0 Å². The van der Waals surface area contributed by atoms with Crippen LogP contribution in [0.4, 0.5) is 0 Å². The fourth-order valence-corrected chi connectivity index (χ4v) is 2.59. The Hall–Kier alpha value is -1.03. The van der Waals surface area contributed by atoms with E-state index in [1.807, 2.05) is 25.2 Å².